The third-order valence-electron chi connectivity index (χ3n) is 3.16. The van der Waals surface area contributed by atoms with Crippen LogP contribution in [0.5, 0.6) is 0 Å². The van der Waals surface area contributed by atoms with Crippen molar-refractivity contribution in [1.29, 1.82) is 0 Å². The van der Waals surface area contributed by atoms with Gasteiger partial charge < -0.3 is 0 Å². The molecule has 0 fully saturated rings. The number of benzene rings is 2. The van der Waals surface area contributed by atoms with Crippen LogP contribution in [-0.2, 0) is 0 Å². The van der Waals surface area contributed by atoms with E-state index >= 15 is 0 Å². The van der Waals surface area contributed by atoms with Gasteiger partial charge in [0, 0.05) is 0 Å². The Morgan fingerprint density at radius 3 is 2.30 bits per heavy atom. The summed E-state index contributed by atoms with van der Waals surface area (Å²) in [5.74, 6) is 0. The number of allylic oxidation sites excluding steroid dienone is 4. The summed E-state index contributed by atoms with van der Waals surface area (Å²) in [5, 5.41) is 0. The van der Waals surface area contributed by atoms with E-state index in [1.807, 2.05) is 32.1 Å². The zero-order valence-electron chi connectivity index (χ0n) is 12.1. The lowest BCUT2D eigenvalue weighted by Gasteiger charge is -2.08. The average molecular weight is 260 g/mol. The lowest BCUT2D eigenvalue weighted by Crippen LogP contribution is -1.86. The van der Waals surface area contributed by atoms with E-state index in [0.717, 1.165) is 11.1 Å². The molecule has 20 heavy (non-hydrogen) atoms. The smallest absolute Gasteiger partial charge is 0.0172 e. The van der Waals surface area contributed by atoms with Crippen LogP contribution in [-0.4, -0.2) is 0 Å². The van der Waals surface area contributed by atoms with Crippen molar-refractivity contribution in [3.05, 3.63) is 84.5 Å². The molecular weight excluding hydrogens is 240 g/mol. The molecule has 0 heteroatoms. The second kappa shape index (κ2) is 6.72. The van der Waals surface area contributed by atoms with Crippen LogP contribution in [0.1, 0.15) is 25.0 Å². The Kier molecular flexibility index (Phi) is 4.73. The lowest BCUT2D eigenvalue weighted by molar-refractivity contribution is 1.55. The summed E-state index contributed by atoms with van der Waals surface area (Å²) in [7, 11) is 0. The maximum absolute atomic E-state index is 4.14. The van der Waals surface area contributed by atoms with Gasteiger partial charge in [-0.25, -0.2) is 0 Å². The van der Waals surface area contributed by atoms with Gasteiger partial charge in [-0.05, 0) is 59.9 Å². The first-order valence-corrected chi connectivity index (χ1v) is 6.90. The van der Waals surface area contributed by atoms with E-state index < -0.39 is 0 Å². The van der Waals surface area contributed by atoms with Crippen molar-refractivity contribution in [2.24, 2.45) is 0 Å². The standard InChI is InChI=1S/C20H20/c1-4-9-16(3)19-13-17(10-5-2)14-20(15-19)18-11-7-6-8-12-18/h4-15H,3H2,1-2H3/b9-4-,10-5+. The van der Waals surface area contributed by atoms with Crippen LogP contribution >= 0.6 is 0 Å². The van der Waals surface area contributed by atoms with Crippen molar-refractivity contribution in [2.75, 3.05) is 0 Å². The molecule has 2 aromatic rings. The molecule has 0 aliphatic rings. The summed E-state index contributed by atoms with van der Waals surface area (Å²) >= 11 is 0. The Morgan fingerprint density at radius 1 is 0.900 bits per heavy atom. The first-order chi connectivity index (χ1) is 9.74. The minimum Gasteiger partial charge on any atom is -0.0912 e. The fourth-order valence-corrected chi connectivity index (χ4v) is 2.22. The van der Waals surface area contributed by atoms with Gasteiger partial charge in [0.05, 0.1) is 0 Å². The van der Waals surface area contributed by atoms with Gasteiger partial charge >= 0.3 is 0 Å². The molecule has 0 radical (unpaired) electrons. The molecule has 0 aliphatic carbocycles. The monoisotopic (exact) mass is 260 g/mol. The molecular formula is C20H20. The topological polar surface area (TPSA) is 0 Å². The van der Waals surface area contributed by atoms with Crippen LogP contribution < -0.4 is 0 Å². The molecule has 0 heterocycles. The van der Waals surface area contributed by atoms with Crippen molar-refractivity contribution in [3.8, 4) is 11.1 Å². The second-order valence-electron chi connectivity index (χ2n) is 4.73. The van der Waals surface area contributed by atoms with Crippen LogP contribution in [0.25, 0.3) is 22.8 Å². The molecule has 100 valence electrons. The quantitative estimate of drug-likeness (QED) is 0.593. The Morgan fingerprint density at radius 2 is 1.65 bits per heavy atom. The summed E-state index contributed by atoms with van der Waals surface area (Å²) in [5.41, 5.74) is 5.86. The van der Waals surface area contributed by atoms with Crippen molar-refractivity contribution in [1.82, 2.24) is 0 Å². The average Bonchev–Trinajstić information content (AvgIpc) is 2.48. The van der Waals surface area contributed by atoms with Gasteiger partial charge in [0.1, 0.15) is 0 Å². The SMILES string of the molecule is C=C(/C=C\C)c1cc(/C=C/C)cc(-c2ccccc2)c1. The molecule has 2 rings (SSSR count). The summed E-state index contributed by atoms with van der Waals surface area (Å²) in [6, 6.07) is 17.0. The fourth-order valence-electron chi connectivity index (χ4n) is 2.22. The largest absolute Gasteiger partial charge is 0.0912 e. The van der Waals surface area contributed by atoms with E-state index in [-0.39, 0.29) is 0 Å². The predicted octanol–water partition coefficient (Wildman–Crippen LogP) is 5.98. The van der Waals surface area contributed by atoms with E-state index in [1.165, 1.54) is 16.7 Å². The Hall–Kier alpha value is -2.34. The highest BCUT2D eigenvalue weighted by atomic mass is 14.1. The Balaban J connectivity index is 2.55. The van der Waals surface area contributed by atoms with Crippen molar-refractivity contribution < 1.29 is 0 Å². The zero-order valence-corrected chi connectivity index (χ0v) is 12.1. The molecule has 0 unspecified atom stereocenters. The molecule has 0 saturated heterocycles. The third-order valence-corrected chi connectivity index (χ3v) is 3.16. The first-order valence-electron chi connectivity index (χ1n) is 6.90. The van der Waals surface area contributed by atoms with Crippen molar-refractivity contribution in [2.45, 2.75) is 13.8 Å². The van der Waals surface area contributed by atoms with E-state index in [0.29, 0.717) is 0 Å². The van der Waals surface area contributed by atoms with Gasteiger partial charge in [-0.2, -0.15) is 0 Å². The van der Waals surface area contributed by atoms with E-state index in [2.05, 4.69) is 61.2 Å². The van der Waals surface area contributed by atoms with E-state index in [9.17, 15) is 0 Å². The van der Waals surface area contributed by atoms with E-state index in [4.69, 9.17) is 0 Å². The first kappa shape index (κ1) is 14.1. The van der Waals surface area contributed by atoms with Crippen LogP contribution in [0, 0.1) is 0 Å². The second-order valence-corrected chi connectivity index (χ2v) is 4.73. The molecule has 0 saturated carbocycles. The molecule has 0 atom stereocenters. The molecule has 0 amide bonds. The Labute approximate surface area is 121 Å². The highest BCUT2D eigenvalue weighted by Gasteiger charge is 2.03. The Bertz CT molecular complexity index is 643. The van der Waals surface area contributed by atoms with Crippen LogP contribution in [0.2, 0.25) is 0 Å². The van der Waals surface area contributed by atoms with Crippen LogP contribution in [0.3, 0.4) is 0 Å². The van der Waals surface area contributed by atoms with Gasteiger partial charge in [0.15, 0.2) is 0 Å². The highest BCUT2D eigenvalue weighted by molar-refractivity contribution is 5.79. The summed E-state index contributed by atoms with van der Waals surface area (Å²) in [4.78, 5) is 0. The maximum Gasteiger partial charge on any atom is -0.0172 e. The highest BCUT2D eigenvalue weighted by Crippen LogP contribution is 2.26. The van der Waals surface area contributed by atoms with Gasteiger partial charge in [-0.3, -0.25) is 0 Å². The van der Waals surface area contributed by atoms with Gasteiger partial charge in [-0.15, -0.1) is 0 Å². The van der Waals surface area contributed by atoms with Gasteiger partial charge in [0.2, 0.25) is 0 Å². The molecule has 0 N–H and O–H groups in total. The predicted molar refractivity (Wildman–Crippen MR) is 90.4 cm³/mol. The number of hydrogen-bond acceptors (Lipinski definition) is 0. The lowest BCUT2D eigenvalue weighted by atomic mass is 9.96. The molecule has 2 aromatic carbocycles. The summed E-state index contributed by atoms with van der Waals surface area (Å²) in [6.45, 7) is 8.19. The minimum absolute atomic E-state index is 1.04. The number of rotatable bonds is 4. The summed E-state index contributed by atoms with van der Waals surface area (Å²) < 4.78 is 0. The van der Waals surface area contributed by atoms with Crippen LogP contribution in [0.15, 0.2) is 73.3 Å². The summed E-state index contributed by atoms with van der Waals surface area (Å²) in [6.07, 6.45) is 8.25. The minimum atomic E-state index is 1.04. The zero-order chi connectivity index (χ0) is 14.4. The third kappa shape index (κ3) is 3.36. The molecule has 0 spiro atoms. The van der Waals surface area contributed by atoms with Crippen molar-refractivity contribution >= 4 is 11.6 Å². The molecule has 0 nitrogen and oxygen atoms in total. The molecule has 0 aliphatic heterocycles. The van der Waals surface area contributed by atoms with Crippen molar-refractivity contribution in [3.63, 3.8) is 0 Å². The number of hydrogen-bond donors (Lipinski definition) is 0. The maximum atomic E-state index is 4.14. The molecule has 0 bridgehead atoms. The fraction of sp³-hybridized carbons (Fsp3) is 0.100. The van der Waals surface area contributed by atoms with Gasteiger partial charge in [-0.1, -0.05) is 61.2 Å². The van der Waals surface area contributed by atoms with Crippen LogP contribution in [0.4, 0.5) is 0 Å². The normalized spacial score (nSPS) is 11.3. The van der Waals surface area contributed by atoms with E-state index in [1.54, 1.807) is 0 Å². The van der Waals surface area contributed by atoms with Gasteiger partial charge in [0.25, 0.3) is 0 Å². The molecule has 0 aromatic heterocycles.